The smallest absolute Gasteiger partial charge is 0.277 e. The van der Waals surface area contributed by atoms with Gasteiger partial charge in [-0.3, -0.25) is 9.59 Å². The Hall–Kier alpha value is -2.33. The zero-order valence-electron chi connectivity index (χ0n) is 12.8. The summed E-state index contributed by atoms with van der Waals surface area (Å²) in [7, 11) is 0. The van der Waals surface area contributed by atoms with E-state index in [1.165, 1.54) is 9.80 Å². The second-order valence-electron chi connectivity index (χ2n) is 5.19. The lowest BCUT2D eigenvalue weighted by Gasteiger charge is -2.34. The van der Waals surface area contributed by atoms with Crippen LogP contribution in [0.1, 0.15) is 20.8 Å². The fourth-order valence-corrected chi connectivity index (χ4v) is 2.87. The number of piperazine rings is 1. The molecule has 25 heavy (non-hydrogen) atoms. The molecular weight excluding hydrogens is 376 g/mol. The van der Waals surface area contributed by atoms with Gasteiger partial charge in [0.1, 0.15) is 16.6 Å². The number of anilines is 1. The summed E-state index contributed by atoms with van der Waals surface area (Å²) in [5, 5.41) is 3.94. The van der Waals surface area contributed by atoms with Gasteiger partial charge in [0.05, 0.1) is 5.56 Å². The summed E-state index contributed by atoms with van der Waals surface area (Å²) in [4.78, 5) is 27.5. The third-order valence-electron chi connectivity index (χ3n) is 3.73. The maximum atomic E-state index is 13.7. The van der Waals surface area contributed by atoms with Gasteiger partial charge in [-0.2, -0.15) is 0 Å². The Morgan fingerprint density at radius 1 is 1.08 bits per heavy atom. The molecule has 0 saturated carbocycles. The van der Waals surface area contributed by atoms with Crippen LogP contribution >= 0.6 is 23.9 Å². The largest absolute Gasteiger partial charge is 0.387 e. The number of nitrogens with zero attached hydrogens (tertiary/aromatic N) is 4. The molecule has 1 aromatic carbocycles. The maximum Gasteiger partial charge on any atom is 0.277 e. The summed E-state index contributed by atoms with van der Waals surface area (Å²) >= 11 is 0.935. The monoisotopic (exact) mass is 389 g/mol. The molecular formula is C14H14ClF2N5O2S. The van der Waals surface area contributed by atoms with Crippen molar-refractivity contribution in [1.82, 2.24) is 19.4 Å². The number of benzene rings is 1. The first-order valence-electron chi connectivity index (χ1n) is 7.09. The van der Waals surface area contributed by atoms with E-state index < -0.39 is 17.5 Å². The van der Waals surface area contributed by atoms with Crippen molar-refractivity contribution in [1.29, 1.82) is 0 Å². The van der Waals surface area contributed by atoms with Gasteiger partial charge in [0.15, 0.2) is 5.69 Å². The molecule has 0 radical (unpaired) electrons. The van der Waals surface area contributed by atoms with Crippen molar-refractivity contribution < 1.29 is 18.4 Å². The molecule has 0 spiro atoms. The summed E-state index contributed by atoms with van der Waals surface area (Å²) in [6.45, 7) is 1.01. The Morgan fingerprint density at radius 3 is 2.20 bits per heavy atom. The average Bonchev–Trinajstić information content (AvgIpc) is 3.00. The predicted molar refractivity (Wildman–Crippen MR) is 89.7 cm³/mol. The highest BCUT2D eigenvalue weighted by Crippen LogP contribution is 2.18. The van der Waals surface area contributed by atoms with E-state index in [2.05, 4.69) is 9.59 Å². The molecule has 1 aliphatic heterocycles. The number of aromatic nitrogens is 2. The molecule has 134 valence electrons. The van der Waals surface area contributed by atoms with Gasteiger partial charge < -0.3 is 15.5 Å². The zero-order valence-corrected chi connectivity index (χ0v) is 14.4. The number of rotatable bonds is 2. The molecule has 2 aromatic rings. The molecule has 2 amide bonds. The summed E-state index contributed by atoms with van der Waals surface area (Å²) < 4.78 is 30.3. The number of nitrogen functional groups attached to an aromatic ring is 1. The van der Waals surface area contributed by atoms with Crippen LogP contribution in [0.3, 0.4) is 0 Å². The SMILES string of the molecule is Cl.Nc1snnc1C(=O)N1CCN(C(=O)c2ccc(F)cc2F)CC1. The zero-order chi connectivity index (χ0) is 17.3. The van der Waals surface area contributed by atoms with Crippen LogP contribution in [-0.2, 0) is 0 Å². The number of halogens is 3. The molecule has 0 bridgehead atoms. The number of hydrogen-bond acceptors (Lipinski definition) is 6. The maximum absolute atomic E-state index is 13.7. The number of nitrogens with two attached hydrogens (primary N) is 1. The van der Waals surface area contributed by atoms with Crippen LogP contribution in [0.5, 0.6) is 0 Å². The molecule has 11 heteroatoms. The van der Waals surface area contributed by atoms with E-state index in [0.29, 0.717) is 6.07 Å². The molecule has 0 aliphatic carbocycles. The van der Waals surface area contributed by atoms with Crippen LogP contribution < -0.4 is 5.73 Å². The molecule has 2 N–H and O–H groups in total. The van der Waals surface area contributed by atoms with E-state index in [4.69, 9.17) is 5.73 Å². The molecule has 3 rings (SSSR count). The highest BCUT2D eigenvalue weighted by molar-refractivity contribution is 7.10. The first-order valence-corrected chi connectivity index (χ1v) is 7.86. The van der Waals surface area contributed by atoms with Crippen LogP contribution in [-0.4, -0.2) is 57.4 Å². The minimum Gasteiger partial charge on any atom is -0.387 e. The summed E-state index contributed by atoms with van der Waals surface area (Å²) in [5.41, 5.74) is 5.55. The Morgan fingerprint density at radius 2 is 1.68 bits per heavy atom. The topological polar surface area (TPSA) is 92.4 Å². The van der Waals surface area contributed by atoms with Gasteiger partial charge in [0.25, 0.3) is 11.8 Å². The normalized spacial score (nSPS) is 14.2. The molecule has 0 unspecified atom stereocenters. The lowest BCUT2D eigenvalue weighted by atomic mass is 10.1. The van der Waals surface area contributed by atoms with Crippen molar-refractivity contribution in [2.45, 2.75) is 0 Å². The number of carbonyl (C=O) groups is 2. The number of hydrogen-bond donors (Lipinski definition) is 1. The lowest BCUT2D eigenvalue weighted by Crippen LogP contribution is -2.50. The second kappa shape index (κ2) is 7.70. The van der Waals surface area contributed by atoms with Crippen molar-refractivity contribution in [3.63, 3.8) is 0 Å². The molecule has 0 atom stereocenters. The number of amides is 2. The quantitative estimate of drug-likeness (QED) is 0.838. The van der Waals surface area contributed by atoms with Crippen molar-refractivity contribution in [3.8, 4) is 0 Å². The first-order chi connectivity index (χ1) is 11.5. The van der Waals surface area contributed by atoms with E-state index in [1.807, 2.05) is 0 Å². The van der Waals surface area contributed by atoms with Gasteiger partial charge in [-0.05, 0) is 12.1 Å². The Labute approximate surface area is 152 Å². The van der Waals surface area contributed by atoms with Gasteiger partial charge >= 0.3 is 0 Å². The molecule has 7 nitrogen and oxygen atoms in total. The van der Waals surface area contributed by atoms with E-state index in [-0.39, 0.29) is 60.8 Å². The van der Waals surface area contributed by atoms with Gasteiger partial charge in [-0.25, -0.2) is 8.78 Å². The molecule has 1 aliphatic rings. The third-order valence-corrected chi connectivity index (χ3v) is 4.28. The fraction of sp³-hybridized carbons (Fsp3) is 0.286. The van der Waals surface area contributed by atoms with Gasteiger partial charge in [0, 0.05) is 43.8 Å². The van der Waals surface area contributed by atoms with E-state index in [9.17, 15) is 18.4 Å². The van der Waals surface area contributed by atoms with Gasteiger partial charge in [-0.15, -0.1) is 17.5 Å². The van der Waals surface area contributed by atoms with Crippen molar-refractivity contribution in [3.05, 3.63) is 41.1 Å². The highest BCUT2D eigenvalue weighted by atomic mass is 35.5. The molecule has 2 heterocycles. The predicted octanol–water partition coefficient (Wildman–Crippen LogP) is 1.42. The van der Waals surface area contributed by atoms with Gasteiger partial charge in [0.2, 0.25) is 0 Å². The Kier molecular flexibility index (Phi) is 5.85. The minimum atomic E-state index is -0.903. The molecule has 1 aromatic heterocycles. The fourth-order valence-electron chi connectivity index (χ4n) is 2.44. The van der Waals surface area contributed by atoms with E-state index in [1.54, 1.807) is 0 Å². The van der Waals surface area contributed by atoms with E-state index >= 15 is 0 Å². The molecule has 1 fully saturated rings. The average molecular weight is 390 g/mol. The Bertz CT molecular complexity index is 795. The van der Waals surface area contributed by atoms with Crippen LogP contribution in [0, 0.1) is 11.6 Å². The first kappa shape index (κ1) is 19.0. The van der Waals surface area contributed by atoms with E-state index in [0.717, 1.165) is 23.7 Å². The molecule has 1 saturated heterocycles. The van der Waals surface area contributed by atoms with Crippen LogP contribution in [0.15, 0.2) is 18.2 Å². The standard InChI is InChI=1S/C14H13F2N5O2S.ClH/c15-8-1-2-9(10(16)7-8)13(22)20-3-5-21(6-4-20)14(23)11-12(17)24-19-18-11;/h1-2,7H,3-6,17H2;1H. The van der Waals surface area contributed by atoms with Gasteiger partial charge in [-0.1, -0.05) is 4.49 Å². The minimum absolute atomic E-state index is 0. The summed E-state index contributed by atoms with van der Waals surface area (Å²) in [5.74, 6) is -2.52. The second-order valence-corrected chi connectivity index (χ2v) is 5.98. The van der Waals surface area contributed by atoms with Crippen LogP contribution in [0.2, 0.25) is 0 Å². The van der Waals surface area contributed by atoms with Crippen LogP contribution in [0.25, 0.3) is 0 Å². The van der Waals surface area contributed by atoms with Crippen molar-refractivity contribution in [2.75, 3.05) is 31.9 Å². The Balaban J connectivity index is 0.00000225. The van der Waals surface area contributed by atoms with Crippen molar-refractivity contribution >= 4 is 40.8 Å². The van der Waals surface area contributed by atoms with Crippen LogP contribution in [0.4, 0.5) is 13.8 Å². The lowest BCUT2D eigenvalue weighted by molar-refractivity contribution is 0.0530. The number of carbonyl (C=O) groups excluding carboxylic acids is 2. The summed E-state index contributed by atoms with van der Waals surface area (Å²) in [6.07, 6.45) is 0. The van der Waals surface area contributed by atoms with Crippen molar-refractivity contribution in [2.24, 2.45) is 0 Å². The summed E-state index contributed by atoms with van der Waals surface area (Å²) in [6, 6.07) is 2.82. The highest BCUT2D eigenvalue weighted by Gasteiger charge is 2.28. The third kappa shape index (κ3) is 3.85.